The smallest absolute Gasteiger partial charge is 0.417 e. The molecule has 1 atom stereocenters. The van der Waals surface area contributed by atoms with Crippen LogP contribution in [0.2, 0.25) is 0 Å². The van der Waals surface area contributed by atoms with Crippen LogP contribution < -0.4 is 16.5 Å². The fourth-order valence-electron chi connectivity index (χ4n) is 2.26. The molecule has 0 aliphatic carbocycles. The Morgan fingerprint density at radius 2 is 2.18 bits per heavy atom. The van der Waals surface area contributed by atoms with Crippen molar-refractivity contribution < 1.29 is 14.6 Å². The molecule has 11 heteroatoms. The minimum absolute atomic E-state index is 0.0720. The molecule has 0 saturated heterocycles. The van der Waals surface area contributed by atoms with Crippen molar-refractivity contribution in [3.05, 3.63) is 40.2 Å². The van der Waals surface area contributed by atoms with E-state index in [1.54, 1.807) is 32.4 Å². The SMILES string of the molecule is CC(C)(C)OC(=O)N(CCC[C@H](N)CNCc1ccccn1)C(=N)N[N+](=O)[O-]. The second-order valence-electron chi connectivity index (χ2n) is 7.20. The summed E-state index contributed by atoms with van der Waals surface area (Å²) in [7, 11) is 0. The van der Waals surface area contributed by atoms with Gasteiger partial charge in [0, 0.05) is 31.9 Å². The van der Waals surface area contributed by atoms with E-state index in [2.05, 4.69) is 10.3 Å². The van der Waals surface area contributed by atoms with Gasteiger partial charge in [0.15, 0.2) is 5.03 Å². The number of pyridine rings is 1. The first-order chi connectivity index (χ1) is 13.1. The standard InChI is InChI=1S/C17H29N7O4/c1-17(2,3)28-16(25)23(15(19)22-24(26)27)10-6-7-13(18)11-20-12-14-8-4-5-9-21-14/h4-5,8-9,13,20H,6-7,10-12,18H2,1-3H3,(H2,19,22)/t13-/m0/s1. The maximum absolute atomic E-state index is 12.2. The molecule has 0 bridgehead atoms. The van der Waals surface area contributed by atoms with E-state index in [1.165, 1.54) is 0 Å². The lowest BCUT2D eigenvalue weighted by Crippen LogP contribution is -2.48. The Morgan fingerprint density at radius 1 is 1.46 bits per heavy atom. The molecule has 1 heterocycles. The van der Waals surface area contributed by atoms with Crippen LogP contribution in [0.4, 0.5) is 4.79 Å². The number of carbonyl (C=O) groups is 1. The van der Waals surface area contributed by atoms with Crippen molar-refractivity contribution in [1.29, 1.82) is 5.41 Å². The maximum Gasteiger partial charge on any atom is 0.417 e. The number of ether oxygens (including phenoxy) is 1. The summed E-state index contributed by atoms with van der Waals surface area (Å²) in [5.41, 5.74) is 7.87. The van der Waals surface area contributed by atoms with E-state index in [1.807, 2.05) is 18.2 Å². The number of rotatable bonds is 9. The predicted octanol–water partition coefficient (Wildman–Crippen LogP) is 1.23. The molecule has 1 aromatic rings. The Labute approximate surface area is 164 Å². The van der Waals surface area contributed by atoms with Gasteiger partial charge in [0.2, 0.25) is 0 Å². The first-order valence-corrected chi connectivity index (χ1v) is 8.95. The van der Waals surface area contributed by atoms with Gasteiger partial charge in [0.05, 0.1) is 5.69 Å². The number of hydrazine groups is 1. The van der Waals surface area contributed by atoms with Gasteiger partial charge in [-0.3, -0.25) is 10.4 Å². The Hall–Kier alpha value is -2.79. The lowest BCUT2D eigenvalue weighted by molar-refractivity contribution is -0.526. The summed E-state index contributed by atoms with van der Waals surface area (Å²) in [4.78, 5) is 27.9. The minimum Gasteiger partial charge on any atom is -0.443 e. The van der Waals surface area contributed by atoms with Crippen LogP contribution in [0, 0.1) is 15.5 Å². The second kappa shape index (κ2) is 11.1. The number of carbonyl (C=O) groups excluding carboxylic acids is 1. The molecule has 0 aliphatic heterocycles. The average molecular weight is 395 g/mol. The van der Waals surface area contributed by atoms with Gasteiger partial charge in [-0.15, -0.1) is 0 Å². The number of hydrogen-bond donors (Lipinski definition) is 4. The number of nitrogens with two attached hydrogens (primary N) is 1. The predicted molar refractivity (Wildman–Crippen MR) is 104 cm³/mol. The third-order valence-electron chi connectivity index (χ3n) is 3.48. The van der Waals surface area contributed by atoms with Crippen molar-refractivity contribution in [2.45, 2.75) is 51.8 Å². The summed E-state index contributed by atoms with van der Waals surface area (Å²) in [5.74, 6) is -0.652. The topological polar surface area (TPSA) is 160 Å². The van der Waals surface area contributed by atoms with E-state index >= 15 is 0 Å². The highest BCUT2D eigenvalue weighted by Crippen LogP contribution is 2.11. The van der Waals surface area contributed by atoms with E-state index in [0.717, 1.165) is 10.6 Å². The molecule has 1 rings (SSSR count). The Balaban J connectivity index is 2.46. The second-order valence-corrected chi connectivity index (χ2v) is 7.20. The summed E-state index contributed by atoms with van der Waals surface area (Å²) in [6.07, 6.45) is 1.90. The van der Waals surface area contributed by atoms with E-state index in [4.69, 9.17) is 15.9 Å². The number of nitrogens with zero attached hydrogens (tertiary/aromatic N) is 3. The number of guanidine groups is 1. The largest absolute Gasteiger partial charge is 0.443 e. The van der Waals surface area contributed by atoms with Crippen LogP contribution in [-0.4, -0.2) is 51.7 Å². The minimum atomic E-state index is -0.896. The van der Waals surface area contributed by atoms with E-state index in [-0.39, 0.29) is 12.6 Å². The molecule has 0 unspecified atom stereocenters. The van der Waals surface area contributed by atoms with E-state index < -0.39 is 22.7 Å². The highest BCUT2D eigenvalue weighted by atomic mass is 16.7. The summed E-state index contributed by atoms with van der Waals surface area (Å²) < 4.78 is 5.21. The normalized spacial score (nSPS) is 12.1. The summed E-state index contributed by atoms with van der Waals surface area (Å²) >= 11 is 0. The van der Waals surface area contributed by atoms with Gasteiger partial charge in [-0.2, -0.15) is 0 Å². The van der Waals surface area contributed by atoms with Crippen LogP contribution in [0.3, 0.4) is 0 Å². The quantitative estimate of drug-likeness (QED) is 0.210. The molecule has 0 aliphatic rings. The number of nitrogens with one attached hydrogen (secondary N) is 3. The molecule has 0 aromatic carbocycles. The fourth-order valence-corrected chi connectivity index (χ4v) is 2.26. The van der Waals surface area contributed by atoms with E-state index in [0.29, 0.717) is 25.9 Å². The van der Waals surface area contributed by atoms with Crippen molar-refractivity contribution in [3.8, 4) is 0 Å². The van der Waals surface area contributed by atoms with Gasteiger partial charge in [0.25, 0.3) is 5.96 Å². The summed E-state index contributed by atoms with van der Waals surface area (Å²) in [6.45, 7) is 6.25. The van der Waals surface area contributed by atoms with Crippen LogP contribution in [0.25, 0.3) is 0 Å². The van der Waals surface area contributed by atoms with Crippen LogP contribution >= 0.6 is 0 Å². The van der Waals surface area contributed by atoms with Gasteiger partial charge in [-0.25, -0.2) is 19.8 Å². The van der Waals surface area contributed by atoms with Gasteiger partial charge >= 0.3 is 6.09 Å². The Bertz CT molecular complexity index is 649. The molecule has 0 spiro atoms. The first kappa shape index (κ1) is 23.2. The van der Waals surface area contributed by atoms with Crippen molar-refractivity contribution in [2.24, 2.45) is 5.73 Å². The molecule has 5 N–H and O–H groups in total. The average Bonchev–Trinajstić information content (AvgIpc) is 2.57. The zero-order valence-electron chi connectivity index (χ0n) is 16.5. The van der Waals surface area contributed by atoms with Crippen LogP contribution in [0.5, 0.6) is 0 Å². The van der Waals surface area contributed by atoms with Crippen LogP contribution in [0.15, 0.2) is 24.4 Å². The highest BCUT2D eigenvalue weighted by molar-refractivity contribution is 5.91. The monoisotopic (exact) mass is 395 g/mol. The van der Waals surface area contributed by atoms with Crippen molar-refractivity contribution in [1.82, 2.24) is 20.6 Å². The molecule has 156 valence electrons. The number of hydrogen-bond acceptors (Lipinski definition) is 8. The third kappa shape index (κ3) is 9.78. The van der Waals surface area contributed by atoms with Gasteiger partial charge in [0.1, 0.15) is 5.60 Å². The number of aromatic nitrogens is 1. The summed E-state index contributed by atoms with van der Waals surface area (Å²) in [5, 5.41) is 20.6. The van der Waals surface area contributed by atoms with E-state index in [9.17, 15) is 14.9 Å². The fraction of sp³-hybridized carbons (Fsp3) is 0.588. The van der Waals surface area contributed by atoms with Crippen molar-refractivity contribution in [2.75, 3.05) is 13.1 Å². The molecule has 11 nitrogen and oxygen atoms in total. The maximum atomic E-state index is 12.2. The number of nitro groups is 1. The summed E-state index contributed by atoms with van der Waals surface area (Å²) in [6, 6.07) is 5.48. The first-order valence-electron chi connectivity index (χ1n) is 8.95. The zero-order chi connectivity index (χ0) is 21.2. The molecule has 0 radical (unpaired) electrons. The molecule has 1 amide bonds. The molecule has 0 saturated carbocycles. The number of amides is 1. The molecular formula is C17H29N7O4. The highest BCUT2D eigenvalue weighted by Gasteiger charge is 2.27. The Kier molecular flexibility index (Phi) is 9.25. The van der Waals surface area contributed by atoms with Crippen molar-refractivity contribution in [3.63, 3.8) is 0 Å². The third-order valence-corrected chi connectivity index (χ3v) is 3.48. The lowest BCUT2D eigenvalue weighted by atomic mass is 10.1. The van der Waals surface area contributed by atoms with Gasteiger partial charge < -0.3 is 15.8 Å². The molecule has 0 fully saturated rings. The molecule has 1 aromatic heterocycles. The van der Waals surface area contributed by atoms with Gasteiger partial charge in [-0.1, -0.05) is 11.5 Å². The van der Waals surface area contributed by atoms with Gasteiger partial charge in [-0.05, 0) is 45.7 Å². The lowest BCUT2D eigenvalue weighted by Gasteiger charge is -2.26. The molecule has 28 heavy (non-hydrogen) atoms. The Morgan fingerprint density at radius 3 is 2.75 bits per heavy atom. The van der Waals surface area contributed by atoms with Crippen molar-refractivity contribution >= 4 is 12.1 Å². The van der Waals surface area contributed by atoms with Crippen LogP contribution in [-0.2, 0) is 11.3 Å². The van der Waals surface area contributed by atoms with Crippen LogP contribution in [0.1, 0.15) is 39.3 Å². The molecular weight excluding hydrogens is 366 g/mol. The zero-order valence-corrected chi connectivity index (χ0v) is 16.5.